The SMILES string of the molecule is Cc1ccc(CN(C)CCCC(C)N)cc1C. The molecule has 0 spiro atoms. The topological polar surface area (TPSA) is 29.3 Å². The van der Waals surface area contributed by atoms with Gasteiger partial charge in [0.25, 0.3) is 0 Å². The van der Waals surface area contributed by atoms with Crippen LogP contribution in [0, 0.1) is 13.8 Å². The van der Waals surface area contributed by atoms with Crippen molar-refractivity contribution < 1.29 is 0 Å². The Bertz CT molecular complexity index is 345. The largest absolute Gasteiger partial charge is 0.328 e. The van der Waals surface area contributed by atoms with E-state index in [1.807, 2.05) is 0 Å². The summed E-state index contributed by atoms with van der Waals surface area (Å²) in [5, 5.41) is 0. The molecule has 96 valence electrons. The molecule has 2 N–H and O–H groups in total. The Kier molecular flexibility index (Phi) is 5.66. The summed E-state index contributed by atoms with van der Waals surface area (Å²) >= 11 is 0. The fraction of sp³-hybridized carbons (Fsp3) is 0.600. The Morgan fingerprint density at radius 3 is 2.53 bits per heavy atom. The van der Waals surface area contributed by atoms with E-state index in [9.17, 15) is 0 Å². The fourth-order valence-corrected chi connectivity index (χ4v) is 1.98. The van der Waals surface area contributed by atoms with E-state index in [0.29, 0.717) is 6.04 Å². The van der Waals surface area contributed by atoms with Gasteiger partial charge in [-0.1, -0.05) is 18.2 Å². The molecule has 0 heterocycles. The van der Waals surface area contributed by atoms with Crippen LogP contribution < -0.4 is 5.73 Å². The van der Waals surface area contributed by atoms with Crippen molar-refractivity contribution in [1.29, 1.82) is 0 Å². The van der Waals surface area contributed by atoms with Crippen molar-refractivity contribution in [2.75, 3.05) is 13.6 Å². The summed E-state index contributed by atoms with van der Waals surface area (Å²) < 4.78 is 0. The van der Waals surface area contributed by atoms with E-state index in [1.165, 1.54) is 23.1 Å². The minimum Gasteiger partial charge on any atom is -0.328 e. The van der Waals surface area contributed by atoms with Crippen LogP contribution in [0.1, 0.15) is 36.5 Å². The van der Waals surface area contributed by atoms with Gasteiger partial charge in [0.05, 0.1) is 0 Å². The molecule has 0 bridgehead atoms. The second-order valence-corrected chi connectivity index (χ2v) is 5.28. The van der Waals surface area contributed by atoms with Gasteiger partial charge in [-0.15, -0.1) is 0 Å². The minimum atomic E-state index is 0.324. The Morgan fingerprint density at radius 1 is 1.24 bits per heavy atom. The Labute approximate surface area is 106 Å². The molecule has 0 aliphatic carbocycles. The first-order valence-electron chi connectivity index (χ1n) is 6.49. The first-order valence-corrected chi connectivity index (χ1v) is 6.49. The second kappa shape index (κ2) is 6.77. The molecule has 1 aromatic carbocycles. The zero-order chi connectivity index (χ0) is 12.8. The highest BCUT2D eigenvalue weighted by atomic mass is 15.1. The first kappa shape index (κ1) is 14.2. The third kappa shape index (κ3) is 5.33. The molecule has 0 fully saturated rings. The predicted octanol–water partition coefficient (Wildman–Crippen LogP) is 2.86. The summed E-state index contributed by atoms with van der Waals surface area (Å²) in [4.78, 5) is 2.37. The van der Waals surface area contributed by atoms with Gasteiger partial charge in [0.2, 0.25) is 0 Å². The van der Waals surface area contributed by atoms with Crippen LogP contribution in [0.2, 0.25) is 0 Å². The maximum absolute atomic E-state index is 5.75. The Morgan fingerprint density at radius 2 is 1.94 bits per heavy atom. The average Bonchev–Trinajstić information content (AvgIpc) is 2.23. The lowest BCUT2D eigenvalue weighted by Gasteiger charge is -2.17. The number of hydrogen-bond acceptors (Lipinski definition) is 2. The van der Waals surface area contributed by atoms with Gasteiger partial charge in [-0.2, -0.15) is 0 Å². The van der Waals surface area contributed by atoms with E-state index in [2.05, 4.69) is 50.9 Å². The summed E-state index contributed by atoms with van der Waals surface area (Å²) in [6.45, 7) is 8.55. The lowest BCUT2D eigenvalue weighted by molar-refractivity contribution is 0.315. The molecule has 17 heavy (non-hydrogen) atoms. The molecule has 0 aromatic heterocycles. The number of benzene rings is 1. The molecule has 1 unspecified atom stereocenters. The van der Waals surface area contributed by atoms with Crippen LogP contribution in [0.4, 0.5) is 0 Å². The molecule has 1 rings (SSSR count). The van der Waals surface area contributed by atoms with Gasteiger partial charge in [-0.3, -0.25) is 0 Å². The molecule has 0 aliphatic heterocycles. The third-order valence-corrected chi connectivity index (χ3v) is 3.22. The van der Waals surface area contributed by atoms with Crippen molar-refractivity contribution in [3.05, 3.63) is 34.9 Å². The van der Waals surface area contributed by atoms with Crippen LogP contribution in [-0.4, -0.2) is 24.5 Å². The van der Waals surface area contributed by atoms with Crippen molar-refractivity contribution >= 4 is 0 Å². The molecule has 0 amide bonds. The molecule has 1 atom stereocenters. The van der Waals surface area contributed by atoms with Gasteiger partial charge in [-0.25, -0.2) is 0 Å². The number of nitrogens with two attached hydrogens (primary N) is 1. The van der Waals surface area contributed by atoms with Crippen LogP contribution in [-0.2, 0) is 6.54 Å². The summed E-state index contributed by atoms with van der Waals surface area (Å²) in [5.41, 5.74) is 9.90. The summed E-state index contributed by atoms with van der Waals surface area (Å²) in [7, 11) is 2.18. The molecular formula is C15H26N2. The van der Waals surface area contributed by atoms with Crippen molar-refractivity contribution in [2.24, 2.45) is 5.73 Å². The van der Waals surface area contributed by atoms with Gasteiger partial charge >= 0.3 is 0 Å². The van der Waals surface area contributed by atoms with Gasteiger partial charge in [-0.05, 0) is 63.9 Å². The lowest BCUT2D eigenvalue weighted by Crippen LogP contribution is -2.22. The van der Waals surface area contributed by atoms with Crippen LogP contribution in [0.3, 0.4) is 0 Å². The Balaban J connectivity index is 2.39. The highest BCUT2D eigenvalue weighted by Crippen LogP contribution is 2.11. The zero-order valence-electron chi connectivity index (χ0n) is 11.7. The average molecular weight is 234 g/mol. The maximum Gasteiger partial charge on any atom is 0.0230 e. The Hall–Kier alpha value is -0.860. The van der Waals surface area contributed by atoms with Crippen molar-refractivity contribution in [2.45, 2.75) is 46.2 Å². The van der Waals surface area contributed by atoms with E-state index in [1.54, 1.807) is 0 Å². The van der Waals surface area contributed by atoms with E-state index in [0.717, 1.165) is 19.5 Å². The van der Waals surface area contributed by atoms with Gasteiger partial charge in [0.15, 0.2) is 0 Å². The van der Waals surface area contributed by atoms with E-state index >= 15 is 0 Å². The van der Waals surface area contributed by atoms with Gasteiger partial charge in [0.1, 0.15) is 0 Å². The van der Waals surface area contributed by atoms with E-state index in [-0.39, 0.29) is 0 Å². The van der Waals surface area contributed by atoms with Crippen LogP contribution in [0.15, 0.2) is 18.2 Å². The number of hydrogen-bond donors (Lipinski definition) is 1. The highest BCUT2D eigenvalue weighted by Gasteiger charge is 2.02. The van der Waals surface area contributed by atoms with Gasteiger partial charge in [0, 0.05) is 12.6 Å². The van der Waals surface area contributed by atoms with Gasteiger partial charge < -0.3 is 10.6 Å². The predicted molar refractivity (Wildman–Crippen MR) is 75.1 cm³/mol. The van der Waals surface area contributed by atoms with Crippen LogP contribution in [0.5, 0.6) is 0 Å². The first-order chi connectivity index (χ1) is 7.99. The normalized spacial score (nSPS) is 13.1. The smallest absolute Gasteiger partial charge is 0.0230 e. The summed E-state index contributed by atoms with van der Waals surface area (Å²) in [5.74, 6) is 0. The molecular weight excluding hydrogens is 208 g/mol. The fourth-order valence-electron chi connectivity index (χ4n) is 1.98. The molecule has 0 saturated carbocycles. The van der Waals surface area contributed by atoms with Crippen LogP contribution >= 0.6 is 0 Å². The highest BCUT2D eigenvalue weighted by molar-refractivity contribution is 5.29. The standard InChI is InChI=1S/C15H26N2/c1-12-7-8-15(10-13(12)2)11-17(4)9-5-6-14(3)16/h7-8,10,14H,5-6,9,11,16H2,1-4H3. The summed E-state index contributed by atoms with van der Waals surface area (Å²) in [6.07, 6.45) is 2.29. The molecule has 2 heteroatoms. The maximum atomic E-state index is 5.75. The molecule has 0 saturated heterocycles. The minimum absolute atomic E-state index is 0.324. The number of nitrogens with zero attached hydrogens (tertiary/aromatic N) is 1. The number of aryl methyl sites for hydroxylation is 2. The molecule has 0 aliphatic rings. The molecule has 0 radical (unpaired) electrons. The van der Waals surface area contributed by atoms with E-state index < -0.39 is 0 Å². The van der Waals surface area contributed by atoms with Crippen molar-refractivity contribution in [3.63, 3.8) is 0 Å². The van der Waals surface area contributed by atoms with Crippen molar-refractivity contribution in [1.82, 2.24) is 4.90 Å². The molecule has 2 nitrogen and oxygen atoms in total. The number of rotatable bonds is 6. The monoisotopic (exact) mass is 234 g/mol. The second-order valence-electron chi connectivity index (χ2n) is 5.28. The quantitative estimate of drug-likeness (QED) is 0.820. The van der Waals surface area contributed by atoms with Crippen LogP contribution in [0.25, 0.3) is 0 Å². The third-order valence-electron chi connectivity index (χ3n) is 3.22. The summed E-state index contributed by atoms with van der Waals surface area (Å²) in [6, 6.07) is 7.05. The lowest BCUT2D eigenvalue weighted by atomic mass is 10.1. The van der Waals surface area contributed by atoms with E-state index in [4.69, 9.17) is 5.73 Å². The zero-order valence-corrected chi connectivity index (χ0v) is 11.7. The molecule has 1 aromatic rings. The van der Waals surface area contributed by atoms with Crippen molar-refractivity contribution in [3.8, 4) is 0 Å².